The summed E-state index contributed by atoms with van der Waals surface area (Å²) >= 11 is 0. The van der Waals surface area contributed by atoms with Crippen molar-refractivity contribution < 1.29 is 17.9 Å². The third-order valence-corrected chi connectivity index (χ3v) is 8.96. The molecule has 2 fully saturated rings. The standard InChI is InChI=1S/C27H36FN7O3S/c1-16(2)20-11-31-25(35-13-18(17(35)3)15-39(5,37)38)21-12-30-24(10-19(20)21)32-23-6-8-29-26(33-23)34-9-7-27(4,36)22(28)14-34/h6,8,10-12,16-18,22,36H,7,9,13-15H2,1-5H3,(H,29,30,32,33)/t17-,18-,22+,27-/m1/s1. The fourth-order valence-corrected chi connectivity index (χ4v) is 6.49. The fraction of sp³-hybridized carbons (Fsp3) is 0.556. The maximum Gasteiger partial charge on any atom is 0.227 e. The molecule has 0 amide bonds. The minimum Gasteiger partial charge on any atom is -0.387 e. The summed E-state index contributed by atoms with van der Waals surface area (Å²) in [4.78, 5) is 22.2. The minimum absolute atomic E-state index is 0.0260. The molecule has 0 bridgehead atoms. The number of halogens is 1. The summed E-state index contributed by atoms with van der Waals surface area (Å²) in [7, 11) is -3.05. The molecule has 4 atom stereocenters. The van der Waals surface area contributed by atoms with Crippen molar-refractivity contribution in [1.29, 1.82) is 0 Å². The largest absolute Gasteiger partial charge is 0.387 e. The number of alkyl halides is 1. The molecule has 5 rings (SSSR count). The first-order valence-electron chi connectivity index (χ1n) is 13.3. The van der Waals surface area contributed by atoms with Gasteiger partial charge in [0, 0.05) is 55.3 Å². The van der Waals surface area contributed by atoms with Gasteiger partial charge >= 0.3 is 0 Å². The number of nitrogens with zero attached hydrogens (tertiary/aromatic N) is 6. The van der Waals surface area contributed by atoms with Gasteiger partial charge in [-0.05, 0) is 49.3 Å². The Kier molecular flexibility index (Phi) is 7.13. The Morgan fingerprint density at radius 3 is 2.62 bits per heavy atom. The number of aliphatic hydroxyl groups is 1. The lowest BCUT2D eigenvalue weighted by molar-refractivity contribution is -0.0332. The highest BCUT2D eigenvalue weighted by atomic mass is 32.2. The molecule has 0 saturated carbocycles. The van der Waals surface area contributed by atoms with Crippen molar-refractivity contribution >= 4 is 44.0 Å². The van der Waals surface area contributed by atoms with Gasteiger partial charge in [0.05, 0.1) is 17.9 Å². The van der Waals surface area contributed by atoms with Crippen LogP contribution < -0.4 is 15.1 Å². The van der Waals surface area contributed by atoms with Gasteiger partial charge in [-0.2, -0.15) is 4.98 Å². The zero-order valence-electron chi connectivity index (χ0n) is 23.0. The monoisotopic (exact) mass is 557 g/mol. The van der Waals surface area contributed by atoms with Gasteiger partial charge in [-0.3, -0.25) is 0 Å². The van der Waals surface area contributed by atoms with Crippen LogP contribution in [0.15, 0.2) is 30.7 Å². The molecule has 5 heterocycles. The molecular formula is C27H36FN7O3S. The number of fused-ring (bicyclic) bond motifs is 1. The Labute approximate surface area is 228 Å². The fourth-order valence-electron chi connectivity index (χ4n) is 5.33. The first-order valence-corrected chi connectivity index (χ1v) is 15.3. The number of sulfone groups is 1. The summed E-state index contributed by atoms with van der Waals surface area (Å²) in [5, 5.41) is 15.3. The van der Waals surface area contributed by atoms with E-state index in [-0.39, 0.29) is 30.2 Å². The molecule has 12 heteroatoms. The molecule has 3 aromatic rings. The molecule has 0 spiro atoms. The predicted octanol–water partition coefficient (Wildman–Crippen LogP) is 3.46. The first kappa shape index (κ1) is 27.4. The smallest absolute Gasteiger partial charge is 0.227 e. The molecule has 10 nitrogen and oxygen atoms in total. The molecule has 39 heavy (non-hydrogen) atoms. The van der Waals surface area contributed by atoms with E-state index < -0.39 is 21.6 Å². The molecule has 3 aromatic heterocycles. The maximum atomic E-state index is 14.4. The summed E-state index contributed by atoms with van der Waals surface area (Å²) in [5.41, 5.74) is -0.260. The van der Waals surface area contributed by atoms with E-state index in [0.29, 0.717) is 37.1 Å². The Bertz CT molecular complexity index is 1480. The Morgan fingerprint density at radius 2 is 1.95 bits per heavy atom. The van der Waals surface area contributed by atoms with Crippen LogP contribution in [0, 0.1) is 5.92 Å². The van der Waals surface area contributed by atoms with Gasteiger partial charge in [0.1, 0.15) is 33.5 Å². The lowest BCUT2D eigenvalue weighted by Crippen LogP contribution is -2.57. The SMILES string of the molecule is CC(C)c1cnc(N2C[C@H](CS(C)(=O)=O)[C@H]2C)c2cnc(Nc3ccnc(N4CC[C@@](C)(O)[C@@H](F)C4)n3)cc12. The van der Waals surface area contributed by atoms with E-state index in [2.05, 4.69) is 39.0 Å². The van der Waals surface area contributed by atoms with Crippen LogP contribution in [0.25, 0.3) is 10.8 Å². The molecule has 2 saturated heterocycles. The van der Waals surface area contributed by atoms with Crippen molar-refractivity contribution in [3.05, 3.63) is 36.3 Å². The van der Waals surface area contributed by atoms with E-state index in [4.69, 9.17) is 4.98 Å². The third kappa shape index (κ3) is 5.62. The number of pyridine rings is 2. The number of nitrogens with one attached hydrogen (secondary N) is 1. The van der Waals surface area contributed by atoms with E-state index in [1.807, 2.05) is 19.2 Å². The van der Waals surface area contributed by atoms with E-state index in [0.717, 1.165) is 22.2 Å². The van der Waals surface area contributed by atoms with Gasteiger partial charge in [-0.15, -0.1) is 0 Å². The van der Waals surface area contributed by atoms with Crippen LogP contribution in [-0.2, 0) is 9.84 Å². The van der Waals surface area contributed by atoms with Crippen LogP contribution in [0.5, 0.6) is 0 Å². The van der Waals surface area contributed by atoms with E-state index in [9.17, 15) is 17.9 Å². The Balaban J connectivity index is 1.40. The number of rotatable bonds is 7. The van der Waals surface area contributed by atoms with Gasteiger partial charge < -0.3 is 20.2 Å². The Hall–Kier alpha value is -3.12. The highest BCUT2D eigenvalue weighted by molar-refractivity contribution is 7.90. The van der Waals surface area contributed by atoms with Crippen molar-refractivity contribution in [1.82, 2.24) is 19.9 Å². The van der Waals surface area contributed by atoms with E-state index >= 15 is 0 Å². The summed E-state index contributed by atoms with van der Waals surface area (Å²) in [6, 6.07) is 3.76. The predicted molar refractivity (Wildman–Crippen MR) is 151 cm³/mol. The van der Waals surface area contributed by atoms with Gasteiger partial charge in [-0.1, -0.05) is 13.8 Å². The number of anilines is 4. The zero-order chi connectivity index (χ0) is 28.1. The van der Waals surface area contributed by atoms with Crippen LogP contribution in [0.2, 0.25) is 0 Å². The van der Waals surface area contributed by atoms with Crippen LogP contribution in [-0.4, -0.2) is 82.9 Å². The second-order valence-electron chi connectivity index (χ2n) is 11.4. The number of aromatic nitrogens is 4. The van der Waals surface area contributed by atoms with Gasteiger partial charge in [0.15, 0.2) is 0 Å². The lowest BCUT2D eigenvalue weighted by atomic mass is 9.90. The molecule has 2 aliphatic heterocycles. The van der Waals surface area contributed by atoms with Crippen LogP contribution in [0.1, 0.15) is 45.6 Å². The van der Waals surface area contributed by atoms with Gasteiger partial charge in [0.2, 0.25) is 5.95 Å². The molecule has 2 aliphatic rings. The van der Waals surface area contributed by atoms with Crippen molar-refractivity contribution in [2.75, 3.05) is 46.8 Å². The summed E-state index contributed by atoms with van der Waals surface area (Å²) in [5.74, 6) is 2.79. The maximum absolute atomic E-state index is 14.4. The summed E-state index contributed by atoms with van der Waals surface area (Å²) in [6.45, 7) is 8.89. The number of hydrogen-bond donors (Lipinski definition) is 2. The van der Waals surface area contributed by atoms with Crippen molar-refractivity contribution in [3.63, 3.8) is 0 Å². The summed E-state index contributed by atoms with van der Waals surface area (Å²) < 4.78 is 38.0. The molecule has 0 aliphatic carbocycles. The Morgan fingerprint density at radius 1 is 1.18 bits per heavy atom. The minimum atomic E-state index is -3.05. The first-order chi connectivity index (χ1) is 18.3. The molecule has 2 N–H and O–H groups in total. The number of hydrogen-bond acceptors (Lipinski definition) is 10. The third-order valence-electron chi connectivity index (χ3n) is 7.92. The van der Waals surface area contributed by atoms with Gasteiger partial charge in [0.25, 0.3) is 0 Å². The van der Waals surface area contributed by atoms with Gasteiger partial charge in [-0.25, -0.2) is 27.8 Å². The summed E-state index contributed by atoms with van der Waals surface area (Å²) in [6.07, 6.45) is 5.49. The highest BCUT2D eigenvalue weighted by Crippen LogP contribution is 2.38. The second-order valence-corrected chi connectivity index (χ2v) is 13.6. The van der Waals surface area contributed by atoms with E-state index in [1.165, 1.54) is 13.2 Å². The van der Waals surface area contributed by atoms with Crippen molar-refractivity contribution in [3.8, 4) is 0 Å². The molecule has 0 unspecified atom stereocenters. The average molecular weight is 558 g/mol. The van der Waals surface area contributed by atoms with Crippen LogP contribution in [0.4, 0.5) is 27.8 Å². The lowest BCUT2D eigenvalue weighted by Gasteiger charge is -2.47. The van der Waals surface area contributed by atoms with Crippen molar-refractivity contribution in [2.45, 2.75) is 57.8 Å². The molecular weight excluding hydrogens is 521 g/mol. The quantitative estimate of drug-likeness (QED) is 0.446. The molecule has 210 valence electrons. The topological polar surface area (TPSA) is 124 Å². The van der Waals surface area contributed by atoms with Crippen LogP contribution >= 0.6 is 0 Å². The van der Waals surface area contributed by atoms with E-state index in [1.54, 1.807) is 23.4 Å². The number of piperidine rings is 1. The normalized spacial score (nSPS) is 25.7. The average Bonchev–Trinajstić information content (AvgIpc) is 2.86. The van der Waals surface area contributed by atoms with Crippen LogP contribution in [0.3, 0.4) is 0 Å². The second kappa shape index (κ2) is 10.1. The van der Waals surface area contributed by atoms with Crippen molar-refractivity contribution in [2.24, 2.45) is 5.92 Å². The zero-order valence-corrected chi connectivity index (χ0v) is 23.8. The molecule has 0 radical (unpaired) electrons. The highest BCUT2D eigenvalue weighted by Gasteiger charge is 2.40. The molecule has 0 aromatic carbocycles.